The van der Waals surface area contributed by atoms with Crippen LogP contribution in [0.4, 0.5) is 0 Å². The molecule has 0 aliphatic rings. The Balaban J connectivity index is 2.66. The second-order valence-corrected chi connectivity index (χ2v) is 6.02. The van der Waals surface area contributed by atoms with Crippen molar-refractivity contribution in [2.75, 3.05) is 13.6 Å². The van der Waals surface area contributed by atoms with Gasteiger partial charge in [-0.1, -0.05) is 29.8 Å². The standard InChI is InChI=1S/C15H22ClNO2/c1-11(12-7-5-6-8-13(12)16)17(4)10-9-15(2,3)14(18)19/h5-8,11H,9-10H2,1-4H3,(H,18,19). The van der Waals surface area contributed by atoms with Crippen LogP contribution in [0.3, 0.4) is 0 Å². The SMILES string of the molecule is CC(c1ccccc1Cl)N(C)CCC(C)(C)C(=O)O. The van der Waals surface area contributed by atoms with Gasteiger partial charge in [-0.2, -0.15) is 0 Å². The van der Waals surface area contributed by atoms with Crippen molar-refractivity contribution in [1.82, 2.24) is 4.90 Å². The zero-order chi connectivity index (χ0) is 14.6. The van der Waals surface area contributed by atoms with Gasteiger partial charge in [-0.15, -0.1) is 0 Å². The molecule has 4 heteroatoms. The number of hydrogen-bond acceptors (Lipinski definition) is 2. The number of rotatable bonds is 6. The van der Waals surface area contributed by atoms with E-state index in [1.54, 1.807) is 13.8 Å². The average molecular weight is 284 g/mol. The Morgan fingerprint density at radius 3 is 2.53 bits per heavy atom. The molecule has 0 amide bonds. The summed E-state index contributed by atoms with van der Waals surface area (Å²) < 4.78 is 0. The second-order valence-electron chi connectivity index (χ2n) is 5.62. The molecule has 0 aromatic heterocycles. The van der Waals surface area contributed by atoms with Crippen LogP contribution in [-0.4, -0.2) is 29.6 Å². The molecule has 1 rings (SSSR count). The number of hydrogen-bond donors (Lipinski definition) is 1. The maximum absolute atomic E-state index is 11.1. The Morgan fingerprint density at radius 2 is 2.00 bits per heavy atom. The summed E-state index contributed by atoms with van der Waals surface area (Å²) in [4.78, 5) is 13.2. The molecule has 19 heavy (non-hydrogen) atoms. The van der Waals surface area contributed by atoms with E-state index in [1.807, 2.05) is 31.3 Å². The minimum absolute atomic E-state index is 0.165. The Labute approximate surface area is 120 Å². The maximum atomic E-state index is 11.1. The minimum Gasteiger partial charge on any atom is -0.481 e. The van der Waals surface area contributed by atoms with Gasteiger partial charge in [0.1, 0.15) is 0 Å². The van der Waals surface area contributed by atoms with Gasteiger partial charge < -0.3 is 5.11 Å². The molecule has 0 saturated heterocycles. The smallest absolute Gasteiger partial charge is 0.309 e. The number of carboxylic acids is 1. The number of carbonyl (C=O) groups is 1. The summed E-state index contributed by atoms with van der Waals surface area (Å²) in [6.07, 6.45) is 0.605. The van der Waals surface area contributed by atoms with Crippen molar-refractivity contribution < 1.29 is 9.90 Å². The Hall–Kier alpha value is -1.06. The fourth-order valence-electron chi connectivity index (χ4n) is 1.81. The van der Waals surface area contributed by atoms with E-state index in [1.165, 1.54) is 0 Å². The van der Waals surface area contributed by atoms with Crippen LogP contribution in [0.5, 0.6) is 0 Å². The van der Waals surface area contributed by atoms with E-state index in [9.17, 15) is 4.79 Å². The van der Waals surface area contributed by atoms with Crippen molar-refractivity contribution in [3.05, 3.63) is 34.9 Å². The molecule has 0 heterocycles. The Kier molecular flexibility index (Phi) is 5.39. The number of halogens is 1. The second kappa shape index (κ2) is 6.40. The predicted molar refractivity (Wildman–Crippen MR) is 78.5 cm³/mol. The van der Waals surface area contributed by atoms with Gasteiger partial charge in [0.25, 0.3) is 0 Å². The van der Waals surface area contributed by atoms with Gasteiger partial charge in [0.15, 0.2) is 0 Å². The van der Waals surface area contributed by atoms with Crippen molar-refractivity contribution in [3.8, 4) is 0 Å². The molecule has 1 unspecified atom stereocenters. The molecule has 0 spiro atoms. The molecule has 3 nitrogen and oxygen atoms in total. The van der Waals surface area contributed by atoms with E-state index < -0.39 is 11.4 Å². The first-order valence-electron chi connectivity index (χ1n) is 6.44. The molecule has 0 aliphatic carbocycles. The molecule has 0 bridgehead atoms. The zero-order valence-electron chi connectivity index (χ0n) is 12.0. The van der Waals surface area contributed by atoms with Gasteiger partial charge in [0.2, 0.25) is 0 Å². The van der Waals surface area contributed by atoms with Gasteiger partial charge in [0, 0.05) is 11.1 Å². The van der Waals surface area contributed by atoms with Crippen LogP contribution >= 0.6 is 11.6 Å². The molecule has 1 N–H and O–H groups in total. The summed E-state index contributed by atoms with van der Waals surface area (Å²) in [5.41, 5.74) is 0.369. The Bertz CT molecular complexity index is 446. The van der Waals surface area contributed by atoms with E-state index in [-0.39, 0.29) is 6.04 Å². The fourth-order valence-corrected chi connectivity index (χ4v) is 2.10. The lowest BCUT2D eigenvalue weighted by Gasteiger charge is -2.29. The van der Waals surface area contributed by atoms with Crippen LogP contribution in [0.2, 0.25) is 5.02 Å². The molecule has 1 aromatic carbocycles. The topological polar surface area (TPSA) is 40.5 Å². The molecule has 0 aliphatic heterocycles. The molecule has 1 aromatic rings. The maximum Gasteiger partial charge on any atom is 0.309 e. The lowest BCUT2D eigenvalue weighted by molar-refractivity contribution is -0.147. The highest BCUT2D eigenvalue weighted by Crippen LogP contribution is 2.28. The molecule has 0 saturated carbocycles. The summed E-state index contributed by atoms with van der Waals surface area (Å²) in [7, 11) is 1.99. The molecule has 106 valence electrons. The van der Waals surface area contributed by atoms with E-state index in [0.29, 0.717) is 13.0 Å². The van der Waals surface area contributed by atoms with E-state index >= 15 is 0 Å². The highest BCUT2D eigenvalue weighted by atomic mass is 35.5. The van der Waals surface area contributed by atoms with E-state index in [2.05, 4.69) is 11.8 Å². The lowest BCUT2D eigenvalue weighted by Crippen LogP contribution is -2.31. The van der Waals surface area contributed by atoms with Crippen molar-refractivity contribution in [3.63, 3.8) is 0 Å². The summed E-state index contributed by atoms with van der Waals surface area (Å²) in [5, 5.41) is 9.86. The largest absolute Gasteiger partial charge is 0.481 e. The predicted octanol–water partition coefficient (Wildman–Crippen LogP) is 3.83. The van der Waals surface area contributed by atoms with Crippen molar-refractivity contribution >= 4 is 17.6 Å². The van der Waals surface area contributed by atoms with E-state index in [0.717, 1.165) is 10.6 Å². The highest BCUT2D eigenvalue weighted by Gasteiger charge is 2.27. The summed E-state index contributed by atoms with van der Waals surface area (Å²) in [6, 6.07) is 7.92. The van der Waals surface area contributed by atoms with E-state index in [4.69, 9.17) is 16.7 Å². The number of carboxylic acid groups (broad SMARTS) is 1. The molecular weight excluding hydrogens is 262 g/mol. The normalized spacial score (nSPS) is 13.6. The number of aliphatic carboxylic acids is 1. The van der Waals surface area contributed by atoms with Crippen LogP contribution in [0, 0.1) is 5.41 Å². The van der Waals surface area contributed by atoms with Gasteiger partial charge in [-0.05, 0) is 52.4 Å². The number of nitrogens with zero attached hydrogens (tertiary/aromatic N) is 1. The van der Waals surface area contributed by atoms with Gasteiger partial charge in [0.05, 0.1) is 5.41 Å². The summed E-state index contributed by atoms with van der Waals surface area (Å²) in [5.74, 6) is -0.758. The third kappa shape index (κ3) is 4.22. The van der Waals surface area contributed by atoms with Crippen molar-refractivity contribution in [2.24, 2.45) is 5.41 Å². The Morgan fingerprint density at radius 1 is 1.42 bits per heavy atom. The monoisotopic (exact) mass is 283 g/mol. The first kappa shape index (κ1) is 16.0. The third-order valence-electron chi connectivity index (χ3n) is 3.68. The number of benzene rings is 1. The van der Waals surface area contributed by atoms with Crippen molar-refractivity contribution in [2.45, 2.75) is 33.2 Å². The van der Waals surface area contributed by atoms with Gasteiger partial charge in [-0.3, -0.25) is 9.69 Å². The lowest BCUT2D eigenvalue weighted by atomic mass is 9.89. The minimum atomic E-state index is -0.758. The highest BCUT2D eigenvalue weighted by molar-refractivity contribution is 6.31. The van der Waals surface area contributed by atoms with Crippen LogP contribution in [0.15, 0.2) is 24.3 Å². The van der Waals surface area contributed by atoms with Gasteiger partial charge >= 0.3 is 5.97 Å². The van der Waals surface area contributed by atoms with Crippen LogP contribution in [-0.2, 0) is 4.79 Å². The molecular formula is C15H22ClNO2. The van der Waals surface area contributed by atoms with Crippen LogP contribution in [0.1, 0.15) is 38.8 Å². The third-order valence-corrected chi connectivity index (χ3v) is 4.03. The molecule has 0 radical (unpaired) electrons. The van der Waals surface area contributed by atoms with Gasteiger partial charge in [-0.25, -0.2) is 0 Å². The zero-order valence-corrected chi connectivity index (χ0v) is 12.7. The average Bonchev–Trinajstić information content (AvgIpc) is 2.35. The summed E-state index contributed by atoms with van der Waals surface area (Å²) in [6.45, 7) is 6.30. The molecule has 1 atom stereocenters. The first-order valence-corrected chi connectivity index (χ1v) is 6.81. The summed E-state index contributed by atoms with van der Waals surface area (Å²) >= 11 is 6.18. The van der Waals surface area contributed by atoms with Crippen LogP contribution < -0.4 is 0 Å². The fraction of sp³-hybridized carbons (Fsp3) is 0.533. The first-order chi connectivity index (χ1) is 8.75. The molecule has 0 fully saturated rings. The quantitative estimate of drug-likeness (QED) is 0.862. The van der Waals surface area contributed by atoms with Crippen LogP contribution in [0.25, 0.3) is 0 Å². The van der Waals surface area contributed by atoms with Crippen molar-refractivity contribution in [1.29, 1.82) is 0 Å².